The van der Waals surface area contributed by atoms with Gasteiger partial charge in [0.25, 0.3) is 0 Å². The predicted octanol–water partition coefficient (Wildman–Crippen LogP) is 1.19. The number of rotatable bonds is 1. The van der Waals surface area contributed by atoms with Crippen LogP contribution >= 0.6 is 21.6 Å². The zero-order valence-electron chi connectivity index (χ0n) is 7.21. The van der Waals surface area contributed by atoms with Gasteiger partial charge in [-0.1, -0.05) is 10.8 Å². The summed E-state index contributed by atoms with van der Waals surface area (Å²) in [6.07, 6.45) is 0. The summed E-state index contributed by atoms with van der Waals surface area (Å²) in [6, 6.07) is -0.343. The van der Waals surface area contributed by atoms with E-state index in [1.54, 1.807) is 0 Å². The molecule has 0 bridgehead atoms. The third kappa shape index (κ3) is 1.95. The van der Waals surface area contributed by atoms with Gasteiger partial charge in [0, 0.05) is 11.7 Å². The molecule has 1 N–H and O–H groups in total. The van der Waals surface area contributed by atoms with Crippen LogP contribution in [0, 0.1) is 0 Å². The molecule has 5 heteroatoms. The summed E-state index contributed by atoms with van der Waals surface area (Å²) < 4.78 is -0.187. The lowest BCUT2D eigenvalue weighted by atomic mass is 10.0. The largest absolute Gasteiger partial charge is 0.344 e. The number of carbonyl (C=O) groups excluding carboxylic acids is 2. The monoisotopic (exact) mass is 205 g/mol. The molecule has 0 radical (unpaired) electrons. The van der Waals surface area contributed by atoms with E-state index in [9.17, 15) is 9.59 Å². The first kappa shape index (κ1) is 9.92. The molecule has 1 aliphatic rings. The van der Waals surface area contributed by atoms with Crippen LogP contribution in [-0.4, -0.2) is 21.8 Å². The number of hydrogen-bond acceptors (Lipinski definition) is 4. The van der Waals surface area contributed by atoms with E-state index in [4.69, 9.17) is 0 Å². The zero-order valence-corrected chi connectivity index (χ0v) is 8.84. The first-order chi connectivity index (χ1) is 5.43. The first-order valence-corrected chi connectivity index (χ1v) is 5.75. The Labute approximate surface area is 79.4 Å². The van der Waals surface area contributed by atoms with Crippen LogP contribution in [0.25, 0.3) is 0 Å². The fourth-order valence-corrected chi connectivity index (χ4v) is 3.52. The number of nitrogens with one attached hydrogen (secondary N) is 1. The molecular weight excluding hydrogens is 194 g/mol. The van der Waals surface area contributed by atoms with Crippen molar-refractivity contribution in [3.8, 4) is 0 Å². The maximum Gasteiger partial charge on any atom is 0.223 e. The minimum atomic E-state index is -0.343. The Kier molecular flexibility index (Phi) is 2.73. The average molecular weight is 205 g/mol. The Bertz CT molecular complexity index is 227. The maximum absolute atomic E-state index is 11.3. The molecule has 0 aromatic heterocycles. The predicted molar refractivity (Wildman–Crippen MR) is 51.9 cm³/mol. The Morgan fingerprint density at radius 1 is 1.58 bits per heavy atom. The van der Waals surface area contributed by atoms with Gasteiger partial charge in [0.05, 0.1) is 0 Å². The number of amides is 1. The molecule has 1 amide bonds. The second-order valence-electron chi connectivity index (χ2n) is 3.22. The van der Waals surface area contributed by atoms with Gasteiger partial charge >= 0.3 is 0 Å². The summed E-state index contributed by atoms with van der Waals surface area (Å²) in [5, 5.41) is 2.69. The Hall–Kier alpha value is -0.160. The van der Waals surface area contributed by atoms with Crippen LogP contribution in [0.2, 0.25) is 0 Å². The first-order valence-electron chi connectivity index (χ1n) is 3.60. The molecule has 3 nitrogen and oxygen atoms in total. The molecule has 1 rings (SSSR count). The van der Waals surface area contributed by atoms with E-state index in [-0.39, 0.29) is 21.8 Å². The molecule has 1 unspecified atom stereocenters. The fourth-order valence-electron chi connectivity index (χ4n) is 0.964. The highest BCUT2D eigenvalue weighted by atomic mass is 33.1. The number of hydrogen-bond donors (Lipinski definition) is 1. The van der Waals surface area contributed by atoms with Gasteiger partial charge in [-0.15, -0.1) is 0 Å². The van der Waals surface area contributed by atoms with E-state index in [1.807, 2.05) is 13.8 Å². The Balaban J connectivity index is 2.71. The normalized spacial score (nSPS) is 27.2. The molecule has 1 saturated heterocycles. The molecule has 1 fully saturated rings. The van der Waals surface area contributed by atoms with E-state index in [2.05, 4.69) is 5.32 Å². The van der Waals surface area contributed by atoms with Crippen LogP contribution < -0.4 is 5.32 Å². The second kappa shape index (κ2) is 3.30. The zero-order chi connectivity index (χ0) is 9.35. The van der Waals surface area contributed by atoms with E-state index in [0.717, 1.165) is 0 Å². The van der Waals surface area contributed by atoms with Crippen LogP contribution in [-0.2, 0) is 9.59 Å². The van der Waals surface area contributed by atoms with Gasteiger partial charge in [0.1, 0.15) is 6.04 Å². The summed E-state index contributed by atoms with van der Waals surface area (Å²) >= 11 is 0. The van der Waals surface area contributed by atoms with Gasteiger partial charge in [0.15, 0.2) is 0 Å². The van der Waals surface area contributed by atoms with Crippen molar-refractivity contribution in [2.24, 2.45) is 0 Å². The van der Waals surface area contributed by atoms with Gasteiger partial charge < -0.3 is 5.32 Å². The van der Waals surface area contributed by atoms with E-state index < -0.39 is 0 Å². The molecule has 1 heterocycles. The third-order valence-electron chi connectivity index (χ3n) is 1.62. The topological polar surface area (TPSA) is 46.2 Å². The van der Waals surface area contributed by atoms with Gasteiger partial charge in [0.2, 0.25) is 11.0 Å². The molecule has 0 aliphatic carbocycles. The lowest BCUT2D eigenvalue weighted by Gasteiger charge is -2.23. The highest BCUT2D eigenvalue weighted by molar-refractivity contribution is 8.83. The van der Waals surface area contributed by atoms with Crippen molar-refractivity contribution in [2.75, 3.05) is 0 Å². The molecule has 0 aromatic rings. The van der Waals surface area contributed by atoms with Gasteiger partial charge in [-0.25, -0.2) is 0 Å². The van der Waals surface area contributed by atoms with E-state index >= 15 is 0 Å². The maximum atomic E-state index is 11.3. The van der Waals surface area contributed by atoms with Crippen molar-refractivity contribution >= 4 is 32.6 Å². The molecule has 0 saturated carbocycles. The summed E-state index contributed by atoms with van der Waals surface area (Å²) in [5.41, 5.74) is 0. The van der Waals surface area contributed by atoms with Crippen LogP contribution in [0.3, 0.4) is 0 Å². The van der Waals surface area contributed by atoms with Crippen molar-refractivity contribution < 1.29 is 9.59 Å². The minimum Gasteiger partial charge on any atom is -0.344 e. The number of carbonyl (C=O) groups is 2. The van der Waals surface area contributed by atoms with Gasteiger partial charge in [-0.05, 0) is 24.6 Å². The minimum absolute atomic E-state index is 0.0419. The summed E-state index contributed by atoms with van der Waals surface area (Å²) in [6.45, 7) is 5.34. The lowest BCUT2D eigenvalue weighted by molar-refractivity contribution is -0.123. The van der Waals surface area contributed by atoms with E-state index in [0.29, 0.717) is 0 Å². The SMILES string of the molecule is CC(=O)NC1C(=O)SSC1(C)C. The second-order valence-corrected chi connectivity index (χ2v) is 6.01. The third-order valence-corrected chi connectivity index (χ3v) is 4.80. The van der Waals surface area contributed by atoms with Crippen LogP contribution in [0.4, 0.5) is 0 Å². The van der Waals surface area contributed by atoms with Crippen molar-refractivity contribution in [2.45, 2.75) is 31.6 Å². The van der Waals surface area contributed by atoms with Crippen LogP contribution in [0.15, 0.2) is 0 Å². The van der Waals surface area contributed by atoms with Gasteiger partial charge in [-0.2, -0.15) is 0 Å². The highest BCUT2D eigenvalue weighted by Crippen LogP contribution is 2.47. The smallest absolute Gasteiger partial charge is 0.223 e. The van der Waals surface area contributed by atoms with Crippen molar-refractivity contribution in [1.82, 2.24) is 5.32 Å². The van der Waals surface area contributed by atoms with Gasteiger partial charge in [-0.3, -0.25) is 9.59 Å². The molecule has 0 aromatic carbocycles. The molecule has 12 heavy (non-hydrogen) atoms. The molecular formula is C7H11NO2S2. The summed E-state index contributed by atoms with van der Waals surface area (Å²) in [5.74, 6) is -0.149. The average Bonchev–Trinajstić information content (AvgIpc) is 2.15. The molecule has 1 aliphatic heterocycles. The summed E-state index contributed by atoms with van der Waals surface area (Å²) in [4.78, 5) is 22.0. The van der Waals surface area contributed by atoms with Crippen molar-refractivity contribution in [3.05, 3.63) is 0 Å². The molecule has 0 spiro atoms. The lowest BCUT2D eigenvalue weighted by Crippen LogP contribution is -2.47. The molecule has 1 atom stereocenters. The highest BCUT2D eigenvalue weighted by Gasteiger charge is 2.43. The fraction of sp³-hybridized carbons (Fsp3) is 0.714. The quantitative estimate of drug-likeness (QED) is 0.653. The van der Waals surface area contributed by atoms with Crippen molar-refractivity contribution in [1.29, 1.82) is 0 Å². The van der Waals surface area contributed by atoms with Crippen LogP contribution in [0.5, 0.6) is 0 Å². The Morgan fingerprint density at radius 2 is 2.17 bits per heavy atom. The summed E-state index contributed by atoms with van der Waals surface area (Å²) in [7, 11) is 2.73. The van der Waals surface area contributed by atoms with Crippen LogP contribution in [0.1, 0.15) is 20.8 Å². The van der Waals surface area contributed by atoms with E-state index in [1.165, 1.54) is 28.5 Å². The van der Waals surface area contributed by atoms with Crippen molar-refractivity contribution in [3.63, 3.8) is 0 Å². The Morgan fingerprint density at radius 3 is 2.50 bits per heavy atom. The standard InChI is InChI=1S/C7H11NO2S2/c1-4(9)8-5-6(10)11-12-7(5,2)3/h5H,1-3H3,(H,8,9). The molecule has 68 valence electrons.